The van der Waals surface area contributed by atoms with Crippen molar-refractivity contribution in [2.45, 2.75) is 19.9 Å². The van der Waals surface area contributed by atoms with Crippen molar-refractivity contribution in [3.05, 3.63) is 65.0 Å². The molecule has 7 nitrogen and oxygen atoms in total. The van der Waals surface area contributed by atoms with Gasteiger partial charge in [0.2, 0.25) is 5.91 Å². The first kappa shape index (κ1) is 22.0. The number of amides is 2. The summed E-state index contributed by atoms with van der Waals surface area (Å²) in [6.07, 6.45) is 0.457. The van der Waals surface area contributed by atoms with Crippen LogP contribution in [-0.4, -0.2) is 76.3 Å². The van der Waals surface area contributed by atoms with Crippen LogP contribution in [0, 0.1) is 6.92 Å². The topological polar surface area (TPSA) is 61.7 Å². The van der Waals surface area contributed by atoms with Crippen LogP contribution in [0.5, 0.6) is 0 Å². The fourth-order valence-electron chi connectivity index (χ4n) is 4.13. The number of hydrogen-bond donors (Lipinski definition) is 0. The van der Waals surface area contributed by atoms with Crippen LogP contribution in [0.2, 0.25) is 0 Å². The lowest BCUT2D eigenvalue weighted by Gasteiger charge is -2.34. The molecule has 2 amide bonds. The average Bonchev–Trinajstić information content (AvgIpc) is 3.09. The third-order valence-corrected chi connectivity index (χ3v) is 6.19. The third kappa shape index (κ3) is 4.67. The number of hydrogen-bond acceptors (Lipinski definition) is 4. The van der Waals surface area contributed by atoms with E-state index in [0.717, 1.165) is 55.1 Å². The minimum Gasteiger partial charge on any atom is -0.345 e. The Morgan fingerprint density at radius 2 is 1.69 bits per heavy atom. The van der Waals surface area contributed by atoms with Crippen LogP contribution in [0.3, 0.4) is 0 Å². The predicted molar refractivity (Wildman–Crippen MR) is 125 cm³/mol. The van der Waals surface area contributed by atoms with Gasteiger partial charge in [0, 0.05) is 52.9 Å². The maximum atomic E-state index is 12.7. The molecule has 2 aromatic carbocycles. The molecule has 0 spiro atoms. The van der Waals surface area contributed by atoms with Crippen LogP contribution in [0.4, 0.5) is 0 Å². The van der Waals surface area contributed by atoms with Gasteiger partial charge in [0.15, 0.2) is 0 Å². The number of fused-ring (bicyclic) bond motifs is 1. The molecule has 1 aromatic heterocycles. The zero-order valence-corrected chi connectivity index (χ0v) is 19.3. The molecule has 4 rings (SSSR count). The maximum Gasteiger partial charge on any atom is 0.253 e. The van der Waals surface area contributed by atoms with Crippen LogP contribution in [0.15, 0.2) is 42.5 Å². The molecule has 0 unspecified atom stereocenters. The lowest BCUT2D eigenvalue weighted by molar-refractivity contribution is -0.132. The zero-order chi connectivity index (χ0) is 22.8. The van der Waals surface area contributed by atoms with Gasteiger partial charge in [-0.15, -0.1) is 0 Å². The van der Waals surface area contributed by atoms with Gasteiger partial charge < -0.3 is 14.4 Å². The molecule has 3 aromatic rings. The van der Waals surface area contributed by atoms with E-state index in [0.29, 0.717) is 12.0 Å². The lowest BCUT2D eigenvalue weighted by atomic mass is 10.1. The van der Waals surface area contributed by atoms with Gasteiger partial charge in [-0.1, -0.05) is 29.8 Å². The van der Waals surface area contributed by atoms with E-state index < -0.39 is 0 Å². The van der Waals surface area contributed by atoms with Crippen molar-refractivity contribution in [2.75, 3.05) is 40.3 Å². The number of rotatable bonds is 5. The summed E-state index contributed by atoms with van der Waals surface area (Å²) in [5.41, 5.74) is 4.77. The normalized spacial score (nSPS) is 14.7. The van der Waals surface area contributed by atoms with Crippen molar-refractivity contribution in [3.63, 3.8) is 0 Å². The first-order chi connectivity index (χ1) is 15.3. The van der Waals surface area contributed by atoms with Crippen LogP contribution < -0.4 is 0 Å². The van der Waals surface area contributed by atoms with E-state index in [-0.39, 0.29) is 11.8 Å². The number of carbonyl (C=O) groups excluding carboxylic acids is 2. The number of carbonyl (C=O) groups is 2. The second kappa shape index (κ2) is 9.12. The summed E-state index contributed by atoms with van der Waals surface area (Å²) in [5, 5.41) is 0. The maximum absolute atomic E-state index is 12.7. The second-order valence-corrected chi connectivity index (χ2v) is 8.81. The number of piperazine rings is 1. The Morgan fingerprint density at radius 3 is 2.34 bits per heavy atom. The highest BCUT2D eigenvalue weighted by molar-refractivity contribution is 5.97. The molecule has 0 atom stereocenters. The van der Waals surface area contributed by atoms with E-state index in [2.05, 4.69) is 28.5 Å². The van der Waals surface area contributed by atoms with Gasteiger partial charge >= 0.3 is 0 Å². The van der Waals surface area contributed by atoms with E-state index >= 15 is 0 Å². The Bertz CT molecular complexity index is 1130. The van der Waals surface area contributed by atoms with Crippen LogP contribution in [0.25, 0.3) is 11.0 Å². The van der Waals surface area contributed by atoms with Crippen LogP contribution in [0.1, 0.15) is 27.3 Å². The van der Waals surface area contributed by atoms with E-state index in [9.17, 15) is 9.59 Å². The lowest BCUT2D eigenvalue weighted by Crippen LogP contribution is -2.48. The SMILES string of the molecule is Cc1ccc(CC(=O)N2CCN(Cc3nc4cc(C(=O)N(C)C)ccc4n3C)CC2)cc1. The zero-order valence-electron chi connectivity index (χ0n) is 19.3. The summed E-state index contributed by atoms with van der Waals surface area (Å²) < 4.78 is 2.09. The van der Waals surface area contributed by atoms with Crippen LogP contribution in [-0.2, 0) is 24.8 Å². The molecule has 1 saturated heterocycles. The molecule has 0 aliphatic carbocycles. The monoisotopic (exact) mass is 433 g/mol. The highest BCUT2D eigenvalue weighted by Gasteiger charge is 2.23. The first-order valence-electron chi connectivity index (χ1n) is 11.0. The molecular formula is C25H31N5O2. The fourth-order valence-corrected chi connectivity index (χ4v) is 4.13. The molecule has 0 bridgehead atoms. The van der Waals surface area contributed by atoms with Crippen molar-refractivity contribution in [1.82, 2.24) is 24.3 Å². The Labute approximate surface area is 189 Å². The quantitative estimate of drug-likeness (QED) is 0.620. The Balaban J connectivity index is 1.37. The molecule has 32 heavy (non-hydrogen) atoms. The summed E-state index contributed by atoms with van der Waals surface area (Å²) in [7, 11) is 5.52. The van der Waals surface area contributed by atoms with E-state index in [1.165, 1.54) is 5.56 Å². The van der Waals surface area contributed by atoms with Crippen molar-refractivity contribution in [2.24, 2.45) is 7.05 Å². The van der Waals surface area contributed by atoms with Crippen molar-refractivity contribution in [3.8, 4) is 0 Å². The summed E-state index contributed by atoms with van der Waals surface area (Å²) >= 11 is 0. The number of nitrogens with zero attached hydrogens (tertiary/aromatic N) is 5. The van der Waals surface area contributed by atoms with Gasteiger partial charge in [-0.05, 0) is 30.7 Å². The van der Waals surface area contributed by atoms with Gasteiger partial charge in [0.25, 0.3) is 5.91 Å². The predicted octanol–water partition coefficient (Wildman–Crippen LogP) is 2.47. The van der Waals surface area contributed by atoms with Gasteiger partial charge in [-0.3, -0.25) is 14.5 Å². The number of aromatic nitrogens is 2. The molecule has 1 aliphatic rings. The largest absolute Gasteiger partial charge is 0.345 e. The molecule has 1 aliphatic heterocycles. The molecule has 0 N–H and O–H groups in total. The molecule has 2 heterocycles. The summed E-state index contributed by atoms with van der Waals surface area (Å²) in [4.78, 5) is 35.6. The van der Waals surface area contributed by atoms with Gasteiger partial charge in [0.1, 0.15) is 5.82 Å². The highest BCUT2D eigenvalue weighted by atomic mass is 16.2. The number of imidazole rings is 1. The van der Waals surface area contributed by atoms with Crippen molar-refractivity contribution < 1.29 is 9.59 Å². The van der Waals surface area contributed by atoms with Gasteiger partial charge in [0.05, 0.1) is 24.0 Å². The standard InChI is InChI=1S/C25H31N5O2/c1-18-5-7-19(8-6-18)15-24(31)30-13-11-29(12-14-30)17-23-26-21-16-20(25(32)27(2)3)9-10-22(21)28(23)4/h5-10,16H,11-15,17H2,1-4H3. The minimum absolute atomic E-state index is 0.0227. The Morgan fingerprint density at radius 1 is 1.00 bits per heavy atom. The summed E-state index contributed by atoms with van der Waals surface area (Å²) in [6, 6.07) is 13.9. The van der Waals surface area contributed by atoms with Gasteiger partial charge in [-0.2, -0.15) is 0 Å². The smallest absolute Gasteiger partial charge is 0.253 e. The van der Waals surface area contributed by atoms with E-state index in [1.54, 1.807) is 19.0 Å². The van der Waals surface area contributed by atoms with Gasteiger partial charge in [-0.25, -0.2) is 4.98 Å². The second-order valence-electron chi connectivity index (χ2n) is 8.81. The Kier molecular flexibility index (Phi) is 6.28. The molecule has 168 valence electrons. The van der Waals surface area contributed by atoms with E-state index in [4.69, 9.17) is 4.98 Å². The Hall–Kier alpha value is -3.19. The molecule has 0 saturated carbocycles. The number of benzene rings is 2. The minimum atomic E-state index is -0.0227. The van der Waals surface area contributed by atoms with Crippen LogP contribution >= 0.6 is 0 Å². The fraction of sp³-hybridized carbons (Fsp3) is 0.400. The summed E-state index contributed by atoms with van der Waals surface area (Å²) in [5.74, 6) is 1.13. The molecule has 1 fully saturated rings. The molecular weight excluding hydrogens is 402 g/mol. The molecule has 0 radical (unpaired) electrons. The van der Waals surface area contributed by atoms with Crippen molar-refractivity contribution in [1.29, 1.82) is 0 Å². The van der Waals surface area contributed by atoms with Crippen molar-refractivity contribution >= 4 is 22.8 Å². The summed E-state index contributed by atoms with van der Waals surface area (Å²) in [6.45, 7) is 5.90. The third-order valence-electron chi connectivity index (χ3n) is 6.19. The average molecular weight is 434 g/mol. The molecule has 7 heteroatoms. The first-order valence-corrected chi connectivity index (χ1v) is 11.0. The number of aryl methyl sites for hydroxylation is 2. The highest BCUT2D eigenvalue weighted by Crippen LogP contribution is 2.19. The van der Waals surface area contributed by atoms with E-state index in [1.807, 2.05) is 42.3 Å².